The summed E-state index contributed by atoms with van der Waals surface area (Å²) in [5, 5.41) is 0. The summed E-state index contributed by atoms with van der Waals surface area (Å²) < 4.78 is 0. The third-order valence-electron chi connectivity index (χ3n) is 1.30. The number of hydrogen-bond donors (Lipinski definition) is 0. The van der Waals surface area contributed by atoms with Crippen molar-refractivity contribution in [1.82, 2.24) is 9.97 Å². The zero-order valence-corrected chi connectivity index (χ0v) is 6.26. The molecular formula is C8H10N2. The molecule has 0 spiro atoms. The fourth-order valence-electron chi connectivity index (χ4n) is 0.807. The standard InChI is InChI=1S/C8H10N2/c1-4-8-7(3)10-6(2)5-9-8/h4-5H,1H2,2-3H3. The number of aromatic nitrogens is 2. The van der Waals surface area contributed by atoms with Crippen LogP contribution in [0.25, 0.3) is 6.08 Å². The minimum absolute atomic E-state index is 0.866. The minimum atomic E-state index is 0.866. The topological polar surface area (TPSA) is 25.8 Å². The van der Waals surface area contributed by atoms with Crippen molar-refractivity contribution in [2.75, 3.05) is 0 Å². The monoisotopic (exact) mass is 134 g/mol. The second kappa shape index (κ2) is 2.60. The van der Waals surface area contributed by atoms with E-state index in [0.717, 1.165) is 17.1 Å². The molecule has 0 unspecified atom stereocenters. The van der Waals surface area contributed by atoms with Gasteiger partial charge in [-0.3, -0.25) is 9.97 Å². The maximum atomic E-state index is 4.21. The van der Waals surface area contributed by atoms with Gasteiger partial charge in [0, 0.05) is 6.20 Å². The molecule has 0 aliphatic heterocycles. The predicted molar refractivity (Wildman–Crippen MR) is 41.6 cm³/mol. The SMILES string of the molecule is C=Cc1ncc(C)nc1C. The van der Waals surface area contributed by atoms with E-state index in [4.69, 9.17) is 0 Å². The highest BCUT2D eigenvalue weighted by molar-refractivity contribution is 5.43. The van der Waals surface area contributed by atoms with E-state index in [-0.39, 0.29) is 0 Å². The Bertz CT molecular complexity index is 253. The lowest BCUT2D eigenvalue weighted by Gasteiger charge is -1.97. The molecule has 0 amide bonds. The molecule has 0 aliphatic carbocycles. The van der Waals surface area contributed by atoms with Crippen molar-refractivity contribution in [3.63, 3.8) is 0 Å². The Hall–Kier alpha value is -1.18. The molecule has 0 aliphatic rings. The van der Waals surface area contributed by atoms with Crippen LogP contribution in [-0.4, -0.2) is 9.97 Å². The van der Waals surface area contributed by atoms with Crippen LogP contribution in [0.1, 0.15) is 17.1 Å². The van der Waals surface area contributed by atoms with Crippen LogP contribution in [0, 0.1) is 13.8 Å². The molecule has 2 heteroatoms. The Balaban J connectivity index is 3.19. The molecule has 0 saturated carbocycles. The molecule has 0 N–H and O–H groups in total. The maximum absolute atomic E-state index is 4.21. The summed E-state index contributed by atoms with van der Waals surface area (Å²) >= 11 is 0. The van der Waals surface area contributed by atoms with E-state index in [0.29, 0.717) is 0 Å². The van der Waals surface area contributed by atoms with Gasteiger partial charge < -0.3 is 0 Å². The van der Waals surface area contributed by atoms with Gasteiger partial charge in [0.1, 0.15) is 0 Å². The van der Waals surface area contributed by atoms with Crippen LogP contribution in [0.3, 0.4) is 0 Å². The first kappa shape index (κ1) is 6.93. The number of rotatable bonds is 1. The molecule has 1 aromatic heterocycles. The lowest BCUT2D eigenvalue weighted by Crippen LogP contribution is -1.92. The van der Waals surface area contributed by atoms with E-state index < -0.39 is 0 Å². The normalized spacial score (nSPS) is 9.40. The lowest BCUT2D eigenvalue weighted by molar-refractivity contribution is 1.04. The molecule has 0 bridgehead atoms. The summed E-state index contributed by atoms with van der Waals surface area (Å²) in [6.45, 7) is 7.47. The van der Waals surface area contributed by atoms with Gasteiger partial charge in [-0.15, -0.1) is 0 Å². The zero-order valence-electron chi connectivity index (χ0n) is 6.26. The fourth-order valence-corrected chi connectivity index (χ4v) is 0.807. The Morgan fingerprint density at radius 2 is 2.20 bits per heavy atom. The van der Waals surface area contributed by atoms with E-state index in [1.54, 1.807) is 12.3 Å². The molecule has 2 nitrogen and oxygen atoms in total. The van der Waals surface area contributed by atoms with Gasteiger partial charge in [-0.05, 0) is 19.9 Å². The molecule has 1 rings (SSSR count). The number of nitrogens with zero attached hydrogens (tertiary/aromatic N) is 2. The van der Waals surface area contributed by atoms with E-state index >= 15 is 0 Å². The van der Waals surface area contributed by atoms with Crippen molar-refractivity contribution in [3.05, 3.63) is 29.9 Å². The van der Waals surface area contributed by atoms with Crippen molar-refractivity contribution in [2.24, 2.45) is 0 Å². The van der Waals surface area contributed by atoms with Crippen LogP contribution in [0.4, 0.5) is 0 Å². The summed E-state index contributed by atoms with van der Waals surface area (Å²) in [5.74, 6) is 0. The summed E-state index contributed by atoms with van der Waals surface area (Å²) in [5.41, 5.74) is 2.75. The van der Waals surface area contributed by atoms with Gasteiger partial charge in [0.15, 0.2) is 0 Å². The van der Waals surface area contributed by atoms with E-state index in [9.17, 15) is 0 Å². The predicted octanol–water partition coefficient (Wildman–Crippen LogP) is 1.74. The highest BCUT2D eigenvalue weighted by Gasteiger charge is 1.94. The highest BCUT2D eigenvalue weighted by Crippen LogP contribution is 2.02. The van der Waals surface area contributed by atoms with Crippen molar-refractivity contribution < 1.29 is 0 Å². The average molecular weight is 134 g/mol. The lowest BCUT2D eigenvalue weighted by atomic mass is 10.3. The fraction of sp³-hybridized carbons (Fsp3) is 0.250. The first-order valence-corrected chi connectivity index (χ1v) is 3.16. The van der Waals surface area contributed by atoms with Gasteiger partial charge in [0.25, 0.3) is 0 Å². The molecule has 1 aromatic rings. The van der Waals surface area contributed by atoms with Crippen LogP contribution >= 0.6 is 0 Å². The van der Waals surface area contributed by atoms with Crippen LogP contribution in [0.2, 0.25) is 0 Å². The van der Waals surface area contributed by atoms with Crippen molar-refractivity contribution in [1.29, 1.82) is 0 Å². The molecule has 0 radical (unpaired) electrons. The first-order chi connectivity index (χ1) is 4.74. The van der Waals surface area contributed by atoms with E-state index in [1.807, 2.05) is 13.8 Å². The molecular weight excluding hydrogens is 124 g/mol. The van der Waals surface area contributed by atoms with Crippen LogP contribution in [0.5, 0.6) is 0 Å². The van der Waals surface area contributed by atoms with Crippen LogP contribution < -0.4 is 0 Å². The second-order valence-electron chi connectivity index (χ2n) is 2.19. The summed E-state index contributed by atoms with van der Waals surface area (Å²) in [4.78, 5) is 8.33. The van der Waals surface area contributed by atoms with Gasteiger partial charge in [-0.25, -0.2) is 0 Å². The molecule has 1 heterocycles. The first-order valence-electron chi connectivity index (χ1n) is 3.16. The van der Waals surface area contributed by atoms with Gasteiger partial charge >= 0.3 is 0 Å². The zero-order chi connectivity index (χ0) is 7.56. The maximum Gasteiger partial charge on any atom is 0.0836 e. The Labute approximate surface area is 60.6 Å². The van der Waals surface area contributed by atoms with E-state index in [1.165, 1.54) is 0 Å². The van der Waals surface area contributed by atoms with Crippen LogP contribution in [-0.2, 0) is 0 Å². The summed E-state index contributed by atoms with van der Waals surface area (Å²) in [6.07, 6.45) is 3.45. The summed E-state index contributed by atoms with van der Waals surface area (Å²) in [7, 11) is 0. The quantitative estimate of drug-likeness (QED) is 0.584. The van der Waals surface area contributed by atoms with Crippen molar-refractivity contribution in [3.8, 4) is 0 Å². The van der Waals surface area contributed by atoms with Gasteiger partial charge in [-0.2, -0.15) is 0 Å². The number of hydrogen-bond acceptors (Lipinski definition) is 2. The van der Waals surface area contributed by atoms with E-state index in [2.05, 4.69) is 16.5 Å². The highest BCUT2D eigenvalue weighted by atomic mass is 14.8. The van der Waals surface area contributed by atoms with Gasteiger partial charge in [-0.1, -0.05) is 6.58 Å². The van der Waals surface area contributed by atoms with Crippen molar-refractivity contribution in [2.45, 2.75) is 13.8 Å². The third kappa shape index (κ3) is 1.21. The number of aryl methyl sites for hydroxylation is 2. The summed E-state index contributed by atoms with van der Waals surface area (Å²) in [6, 6.07) is 0. The Morgan fingerprint density at radius 3 is 2.70 bits per heavy atom. The Kier molecular flexibility index (Phi) is 1.81. The molecule has 0 saturated heterocycles. The van der Waals surface area contributed by atoms with Crippen molar-refractivity contribution >= 4 is 6.08 Å². The molecule has 52 valence electrons. The largest absolute Gasteiger partial charge is 0.255 e. The van der Waals surface area contributed by atoms with Crippen LogP contribution in [0.15, 0.2) is 12.8 Å². The third-order valence-corrected chi connectivity index (χ3v) is 1.30. The average Bonchev–Trinajstić information content (AvgIpc) is 1.88. The minimum Gasteiger partial charge on any atom is -0.255 e. The molecule has 0 atom stereocenters. The Morgan fingerprint density at radius 1 is 1.50 bits per heavy atom. The molecule has 0 fully saturated rings. The molecule has 0 aromatic carbocycles. The second-order valence-corrected chi connectivity index (χ2v) is 2.19. The smallest absolute Gasteiger partial charge is 0.0836 e. The van der Waals surface area contributed by atoms with Gasteiger partial charge in [0.2, 0.25) is 0 Å². The van der Waals surface area contributed by atoms with Gasteiger partial charge in [0.05, 0.1) is 17.1 Å². The molecule has 10 heavy (non-hydrogen) atoms.